The number of aryl methyl sites for hydroxylation is 2. The summed E-state index contributed by atoms with van der Waals surface area (Å²) < 4.78 is 5.96. The minimum absolute atomic E-state index is 0.292. The second-order valence-electron chi connectivity index (χ2n) is 5.82. The van der Waals surface area contributed by atoms with Crippen molar-refractivity contribution in [2.24, 2.45) is 0 Å². The summed E-state index contributed by atoms with van der Waals surface area (Å²) >= 11 is 0. The molecule has 1 N–H and O–H groups in total. The van der Waals surface area contributed by atoms with Crippen molar-refractivity contribution in [3.8, 4) is 5.75 Å². The average molecular weight is 281 g/mol. The van der Waals surface area contributed by atoms with Crippen LogP contribution in [0.2, 0.25) is 0 Å². The van der Waals surface area contributed by atoms with Gasteiger partial charge in [-0.3, -0.25) is 0 Å². The monoisotopic (exact) mass is 281 g/mol. The zero-order valence-electron chi connectivity index (χ0n) is 12.9. The Kier molecular flexibility index (Phi) is 4.26. The molecule has 0 amide bonds. The quantitative estimate of drug-likeness (QED) is 0.920. The van der Waals surface area contributed by atoms with Gasteiger partial charge in [0.15, 0.2) is 0 Å². The fourth-order valence-corrected chi connectivity index (χ4v) is 3.13. The summed E-state index contributed by atoms with van der Waals surface area (Å²) in [5.41, 5.74) is 5.32. The van der Waals surface area contributed by atoms with Gasteiger partial charge in [0.05, 0.1) is 6.61 Å². The Bertz CT molecular complexity index is 621. The van der Waals surface area contributed by atoms with Crippen molar-refractivity contribution in [2.45, 2.75) is 32.2 Å². The first-order valence-corrected chi connectivity index (χ1v) is 7.75. The number of rotatable bonds is 4. The van der Waals surface area contributed by atoms with Crippen molar-refractivity contribution >= 4 is 0 Å². The maximum Gasteiger partial charge on any atom is 0.127 e. The highest BCUT2D eigenvalue weighted by molar-refractivity contribution is 5.45. The molecule has 0 aliphatic carbocycles. The number of ether oxygens (including phenoxy) is 1. The summed E-state index contributed by atoms with van der Waals surface area (Å²) in [5, 5.41) is 3.46. The molecule has 1 atom stereocenters. The van der Waals surface area contributed by atoms with Crippen molar-refractivity contribution in [1.29, 1.82) is 0 Å². The summed E-state index contributed by atoms with van der Waals surface area (Å²) in [6, 6.07) is 15.6. The Morgan fingerprint density at radius 2 is 2.05 bits per heavy atom. The molecule has 0 saturated heterocycles. The molecule has 2 heteroatoms. The van der Waals surface area contributed by atoms with Gasteiger partial charge < -0.3 is 10.1 Å². The summed E-state index contributed by atoms with van der Waals surface area (Å²) in [6.45, 7) is 2.98. The van der Waals surface area contributed by atoms with Crippen molar-refractivity contribution in [3.63, 3.8) is 0 Å². The Hall–Kier alpha value is -1.80. The molecule has 3 rings (SSSR count). The number of para-hydroxylation sites is 1. The molecule has 2 aromatic carbocycles. The topological polar surface area (TPSA) is 21.3 Å². The highest BCUT2D eigenvalue weighted by Crippen LogP contribution is 2.34. The number of nitrogens with one attached hydrogen (secondary N) is 1. The van der Waals surface area contributed by atoms with Gasteiger partial charge in [-0.05, 0) is 44.4 Å². The van der Waals surface area contributed by atoms with Crippen molar-refractivity contribution < 1.29 is 4.74 Å². The van der Waals surface area contributed by atoms with E-state index in [4.69, 9.17) is 4.74 Å². The van der Waals surface area contributed by atoms with Crippen molar-refractivity contribution in [3.05, 3.63) is 64.7 Å². The molecule has 2 aromatic rings. The zero-order valence-corrected chi connectivity index (χ0v) is 12.9. The predicted octanol–water partition coefficient (Wildman–Crippen LogP) is 3.82. The maximum absolute atomic E-state index is 5.96. The van der Waals surface area contributed by atoms with Crippen LogP contribution in [-0.2, 0) is 12.8 Å². The first-order chi connectivity index (χ1) is 10.3. The maximum atomic E-state index is 5.96. The molecule has 0 bridgehead atoms. The highest BCUT2D eigenvalue weighted by Gasteiger charge is 2.20. The number of benzene rings is 2. The fraction of sp³-hybridized carbons (Fsp3) is 0.368. The van der Waals surface area contributed by atoms with E-state index >= 15 is 0 Å². The Morgan fingerprint density at radius 3 is 2.86 bits per heavy atom. The summed E-state index contributed by atoms with van der Waals surface area (Å²) in [4.78, 5) is 0. The van der Waals surface area contributed by atoms with Crippen LogP contribution in [0.5, 0.6) is 5.75 Å². The fourth-order valence-electron chi connectivity index (χ4n) is 3.13. The third-order valence-electron chi connectivity index (χ3n) is 4.21. The lowest BCUT2D eigenvalue weighted by atomic mass is 9.93. The Balaban J connectivity index is 1.90. The minimum Gasteiger partial charge on any atom is -0.493 e. The summed E-state index contributed by atoms with van der Waals surface area (Å²) in [6.07, 6.45) is 3.24. The van der Waals surface area contributed by atoms with Gasteiger partial charge in [-0.15, -0.1) is 0 Å². The van der Waals surface area contributed by atoms with Crippen LogP contribution in [0.1, 0.15) is 34.7 Å². The van der Waals surface area contributed by atoms with Gasteiger partial charge in [-0.2, -0.15) is 0 Å². The van der Waals surface area contributed by atoms with Crippen LogP contribution in [0.4, 0.5) is 0 Å². The van der Waals surface area contributed by atoms with Gasteiger partial charge >= 0.3 is 0 Å². The van der Waals surface area contributed by atoms with E-state index in [-0.39, 0.29) is 0 Å². The largest absolute Gasteiger partial charge is 0.493 e. The third kappa shape index (κ3) is 3.11. The second kappa shape index (κ2) is 6.31. The Labute approximate surface area is 127 Å². The van der Waals surface area contributed by atoms with Crippen molar-refractivity contribution in [2.75, 3.05) is 13.7 Å². The smallest absolute Gasteiger partial charge is 0.127 e. The van der Waals surface area contributed by atoms with Crippen LogP contribution in [0, 0.1) is 6.92 Å². The van der Waals surface area contributed by atoms with E-state index in [1.54, 1.807) is 0 Å². The van der Waals surface area contributed by atoms with Crippen molar-refractivity contribution in [1.82, 2.24) is 5.32 Å². The van der Waals surface area contributed by atoms with Gasteiger partial charge in [-0.1, -0.05) is 48.0 Å². The molecule has 1 unspecified atom stereocenters. The van der Waals surface area contributed by atoms with Crippen LogP contribution in [-0.4, -0.2) is 13.7 Å². The molecule has 110 valence electrons. The number of fused-ring (bicyclic) bond motifs is 1. The summed E-state index contributed by atoms with van der Waals surface area (Å²) in [5.74, 6) is 1.11. The van der Waals surface area contributed by atoms with Gasteiger partial charge in [0.2, 0.25) is 0 Å². The van der Waals surface area contributed by atoms with Gasteiger partial charge in [0, 0.05) is 11.6 Å². The molecule has 2 nitrogen and oxygen atoms in total. The Morgan fingerprint density at radius 1 is 1.19 bits per heavy atom. The third-order valence-corrected chi connectivity index (χ3v) is 4.21. The summed E-state index contributed by atoms with van der Waals surface area (Å²) in [7, 11) is 2.03. The first-order valence-electron chi connectivity index (χ1n) is 7.75. The van der Waals surface area contributed by atoms with E-state index in [1.165, 1.54) is 22.3 Å². The molecule has 21 heavy (non-hydrogen) atoms. The van der Waals surface area contributed by atoms with Crippen LogP contribution in [0.25, 0.3) is 0 Å². The second-order valence-corrected chi connectivity index (χ2v) is 5.82. The lowest BCUT2D eigenvalue weighted by Crippen LogP contribution is -2.21. The van der Waals surface area contributed by atoms with Crippen LogP contribution in [0.3, 0.4) is 0 Å². The van der Waals surface area contributed by atoms with Gasteiger partial charge in [-0.25, -0.2) is 0 Å². The zero-order chi connectivity index (χ0) is 14.7. The molecule has 1 aliphatic heterocycles. The number of hydrogen-bond acceptors (Lipinski definition) is 2. The van der Waals surface area contributed by atoms with Crippen LogP contribution < -0.4 is 10.1 Å². The van der Waals surface area contributed by atoms with E-state index < -0.39 is 0 Å². The SMILES string of the molecule is CNC(Cc1cccc(C)c1)c1cccc2c1OCCC2. The van der Waals surface area contributed by atoms with Crippen LogP contribution >= 0.6 is 0 Å². The molecule has 0 spiro atoms. The van der Waals surface area contributed by atoms with E-state index in [2.05, 4.69) is 54.7 Å². The highest BCUT2D eigenvalue weighted by atomic mass is 16.5. The number of hydrogen-bond donors (Lipinski definition) is 1. The average Bonchev–Trinajstić information content (AvgIpc) is 2.52. The normalized spacial score (nSPS) is 15.1. The molecule has 1 heterocycles. The predicted molar refractivity (Wildman–Crippen MR) is 86.9 cm³/mol. The number of likely N-dealkylation sites (N-methyl/N-ethyl adjacent to an activating group) is 1. The molecule has 0 fully saturated rings. The minimum atomic E-state index is 0.292. The molecule has 0 saturated carbocycles. The molecular weight excluding hydrogens is 258 g/mol. The standard InChI is InChI=1S/C19H23NO/c1-14-6-3-7-15(12-14)13-18(20-2)17-10-4-8-16-9-5-11-21-19(16)17/h3-4,6-8,10,12,18,20H,5,9,11,13H2,1-2H3. The van der Waals surface area contributed by atoms with Gasteiger partial charge in [0.1, 0.15) is 5.75 Å². The van der Waals surface area contributed by atoms with Gasteiger partial charge in [0.25, 0.3) is 0 Å². The lowest BCUT2D eigenvalue weighted by molar-refractivity contribution is 0.282. The van der Waals surface area contributed by atoms with Crippen LogP contribution in [0.15, 0.2) is 42.5 Å². The molecular formula is C19H23NO. The first kappa shape index (κ1) is 14.2. The van der Waals surface area contributed by atoms with E-state index in [9.17, 15) is 0 Å². The molecule has 0 radical (unpaired) electrons. The lowest BCUT2D eigenvalue weighted by Gasteiger charge is -2.25. The van der Waals surface area contributed by atoms with E-state index in [0.717, 1.165) is 31.6 Å². The molecule has 1 aliphatic rings. The van der Waals surface area contributed by atoms with E-state index in [1.807, 2.05) is 7.05 Å². The van der Waals surface area contributed by atoms with E-state index in [0.29, 0.717) is 6.04 Å². The molecule has 0 aromatic heterocycles.